The fourth-order valence-corrected chi connectivity index (χ4v) is 7.48. The molecular formula is C28H28N4O4S2. The molecule has 8 nitrogen and oxygen atoms in total. The number of thiazole rings is 1. The zero-order valence-electron chi connectivity index (χ0n) is 21.0. The van der Waals surface area contributed by atoms with E-state index in [1.54, 1.807) is 17.4 Å². The number of hydrogen-bond acceptors (Lipinski definition) is 8. The second kappa shape index (κ2) is 10.0. The smallest absolute Gasteiger partial charge is 0.343 e. The van der Waals surface area contributed by atoms with Gasteiger partial charge in [-0.2, -0.15) is 0 Å². The number of esters is 1. The Balaban J connectivity index is 1.17. The second-order valence-electron chi connectivity index (χ2n) is 9.64. The van der Waals surface area contributed by atoms with Crippen LogP contribution in [0.15, 0.2) is 71.6 Å². The molecule has 1 aromatic heterocycles. The molecule has 3 heterocycles. The van der Waals surface area contributed by atoms with Gasteiger partial charge in [0.15, 0.2) is 5.13 Å². The molecular weight excluding hydrogens is 520 g/mol. The Kier molecular flexibility index (Phi) is 6.55. The van der Waals surface area contributed by atoms with Gasteiger partial charge in [-0.15, -0.1) is 0 Å². The minimum absolute atomic E-state index is 0.147. The summed E-state index contributed by atoms with van der Waals surface area (Å²) in [6.45, 7) is 4.32. The number of benzene rings is 3. The summed E-state index contributed by atoms with van der Waals surface area (Å²) in [5, 5.41) is 0.977. The predicted molar refractivity (Wildman–Crippen MR) is 150 cm³/mol. The number of sulfonamides is 1. The summed E-state index contributed by atoms with van der Waals surface area (Å²) in [5.41, 5.74) is 2.90. The van der Waals surface area contributed by atoms with Gasteiger partial charge in [0.1, 0.15) is 5.75 Å². The van der Waals surface area contributed by atoms with Crippen molar-refractivity contribution in [3.05, 3.63) is 77.9 Å². The molecule has 10 heteroatoms. The van der Waals surface area contributed by atoms with Crippen LogP contribution in [0, 0.1) is 0 Å². The highest BCUT2D eigenvalue weighted by Crippen LogP contribution is 2.33. The summed E-state index contributed by atoms with van der Waals surface area (Å²) in [7, 11) is -1.62. The first-order chi connectivity index (χ1) is 18.4. The molecule has 0 bridgehead atoms. The summed E-state index contributed by atoms with van der Waals surface area (Å²) in [4.78, 5) is 22.3. The Morgan fingerprint density at radius 2 is 1.71 bits per heavy atom. The molecule has 0 amide bonds. The highest BCUT2D eigenvalue weighted by Gasteiger charge is 2.29. The van der Waals surface area contributed by atoms with E-state index in [-0.39, 0.29) is 10.5 Å². The number of carbonyl (C=O) groups is 1. The molecule has 4 aromatic rings. The molecule has 2 aliphatic heterocycles. The molecule has 196 valence electrons. The number of aryl methyl sites for hydroxylation is 1. The standard InChI is InChI=1S/C28H28N4O4S2/c1-30-15-17-31(18-16-30)28-29-24-13-10-22(19-26(24)37-28)36-27(33)21-8-11-23(12-9-21)38(34,35)32-14-4-6-20-5-2-3-7-25(20)32/h2-3,5,7-13,19H,4,6,14-18H2,1H3. The number of ether oxygens (including phenoxy) is 1. The van der Waals surface area contributed by atoms with Gasteiger partial charge >= 0.3 is 5.97 Å². The number of piperazine rings is 1. The molecule has 2 aliphatic rings. The number of para-hydroxylation sites is 1. The number of anilines is 2. The third-order valence-corrected chi connectivity index (χ3v) is 9.98. The Hall–Kier alpha value is -3.47. The quantitative estimate of drug-likeness (QED) is 0.270. The van der Waals surface area contributed by atoms with E-state index >= 15 is 0 Å². The summed E-state index contributed by atoms with van der Waals surface area (Å²) in [5.74, 6) is -0.113. The zero-order chi connectivity index (χ0) is 26.3. The Labute approximate surface area is 226 Å². The Morgan fingerprint density at radius 3 is 2.50 bits per heavy atom. The summed E-state index contributed by atoms with van der Waals surface area (Å²) in [6, 6.07) is 19.0. The molecule has 1 fully saturated rings. The fraction of sp³-hybridized carbons (Fsp3) is 0.286. The van der Waals surface area contributed by atoms with Gasteiger partial charge < -0.3 is 14.5 Å². The van der Waals surface area contributed by atoms with Crippen molar-refractivity contribution in [2.45, 2.75) is 17.7 Å². The van der Waals surface area contributed by atoms with Crippen LogP contribution < -0.4 is 13.9 Å². The van der Waals surface area contributed by atoms with Gasteiger partial charge in [0.2, 0.25) is 0 Å². The van der Waals surface area contributed by atoms with E-state index < -0.39 is 16.0 Å². The number of fused-ring (bicyclic) bond motifs is 2. The highest BCUT2D eigenvalue weighted by atomic mass is 32.2. The zero-order valence-corrected chi connectivity index (χ0v) is 22.7. The van der Waals surface area contributed by atoms with Gasteiger partial charge in [0, 0.05) is 38.8 Å². The monoisotopic (exact) mass is 548 g/mol. The maximum absolute atomic E-state index is 13.4. The van der Waals surface area contributed by atoms with Crippen molar-refractivity contribution in [3.8, 4) is 5.75 Å². The maximum Gasteiger partial charge on any atom is 0.343 e. The van der Waals surface area contributed by atoms with E-state index in [4.69, 9.17) is 9.72 Å². The van der Waals surface area contributed by atoms with Crippen molar-refractivity contribution >= 4 is 48.4 Å². The first kappa shape index (κ1) is 24.8. The normalized spacial score (nSPS) is 16.4. The minimum Gasteiger partial charge on any atom is -0.423 e. The van der Waals surface area contributed by atoms with E-state index in [1.165, 1.54) is 28.6 Å². The topological polar surface area (TPSA) is 83.0 Å². The van der Waals surface area contributed by atoms with Gasteiger partial charge in [-0.25, -0.2) is 18.2 Å². The van der Waals surface area contributed by atoms with Crippen LogP contribution in [-0.2, 0) is 16.4 Å². The van der Waals surface area contributed by atoms with Crippen LogP contribution in [0.2, 0.25) is 0 Å². The SMILES string of the molecule is CN1CCN(c2nc3ccc(OC(=O)c4ccc(S(=O)(=O)N5CCCc6ccccc65)cc4)cc3s2)CC1. The summed E-state index contributed by atoms with van der Waals surface area (Å²) < 4.78 is 34.8. The van der Waals surface area contributed by atoms with Crippen LogP contribution in [0.3, 0.4) is 0 Å². The molecule has 3 aromatic carbocycles. The molecule has 0 radical (unpaired) electrons. The molecule has 0 aliphatic carbocycles. The van der Waals surface area contributed by atoms with E-state index in [0.717, 1.165) is 65.6 Å². The van der Waals surface area contributed by atoms with Crippen molar-refractivity contribution in [1.82, 2.24) is 9.88 Å². The summed E-state index contributed by atoms with van der Waals surface area (Å²) in [6.07, 6.45) is 1.62. The van der Waals surface area contributed by atoms with Gasteiger partial charge in [-0.05, 0) is 67.9 Å². The van der Waals surface area contributed by atoms with E-state index in [2.05, 4.69) is 16.8 Å². The molecule has 1 saturated heterocycles. The lowest BCUT2D eigenvalue weighted by Crippen LogP contribution is -2.44. The van der Waals surface area contributed by atoms with Gasteiger partial charge in [0.05, 0.1) is 26.4 Å². The summed E-state index contributed by atoms with van der Waals surface area (Å²) >= 11 is 1.59. The average molecular weight is 549 g/mol. The molecule has 0 saturated carbocycles. The number of rotatable bonds is 5. The van der Waals surface area contributed by atoms with Crippen molar-refractivity contribution < 1.29 is 17.9 Å². The molecule has 0 spiro atoms. The minimum atomic E-state index is -3.74. The molecule has 0 atom stereocenters. The van der Waals surface area contributed by atoms with Crippen LogP contribution in [0.25, 0.3) is 10.2 Å². The molecule has 38 heavy (non-hydrogen) atoms. The van der Waals surface area contributed by atoms with Crippen molar-refractivity contribution in [3.63, 3.8) is 0 Å². The molecule has 0 unspecified atom stereocenters. The second-order valence-corrected chi connectivity index (χ2v) is 12.5. The van der Waals surface area contributed by atoms with Crippen LogP contribution in [-0.4, -0.2) is 64.0 Å². The number of aromatic nitrogens is 1. The highest BCUT2D eigenvalue weighted by molar-refractivity contribution is 7.92. The van der Waals surface area contributed by atoms with Crippen LogP contribution >= 0.6 is 11.3 Å². The van der Waals surface area contributed by atoms with Crippen LogP contribution in [0.4, 0.5) is 10.8 Å². The molecule has 6 rings (SSSR count). The lowest BCUT2D eigenvalue weighted by atomic mass is 10.0. The van der Waals surface area contributed by atoms with Crippen molar-refractivity contribution in [2.24, 2.45) is 0 Å². The molecule has 0 N–H and O–H groups in total. The van der Waals surface area contributed by atoms with Crippen molar-refractivity contribution in [1.29, 1.82) is 0 Å². The number of nitrogens with zero attached hydrogens (tertiary/aromatic N) is 4. The third-order valence-electron chi connectivity index (χ3n) is 7.08. The van der Waals surface area contributed by atoms with Gasteiger partial charge in [0.25, 0.3) is 10.0 Å². The van der Waals surface area contributed by atoms with E-state index in [1.807, 2.05) is 36.4 Å². The fourth-order valence-electron chi connectivity index (χ4n) is 4.89. The Bertz CT molecular complexity index is 1590. The first-order valence-electron chi connectivity index (χ1n) is 12.7. The third kappa shape index (κ3) is 4.75. The average Bonchev–Trinajstić information content (AvgIpc) is 3.36. The van der Waals surface area contributed by atoms with Crippen LogP contribution in [0.1, 0.15) is 22.3 Å². The maximum atomic E-state index is 13.4. The van der Waals surface area contributed by atoms with E-state index in [9.17, 15) is 13.2 Å². The van der Waals surface area contributed by atoms with E-state index in [0.29, 0.717) is 12.3 Å². The number of likely N-dealkylation sites (N-methyl/N-ethyl adjacent to an activating group) is 1. The number of carbonyl (C=O) groups excluding carboxylic acids is 1. The van der Waals surface area contributed by atoms with Crippen molar-refractivity contribution in [2.75, 3.05) is 49.0 Å². The predicted octanol–water partition coefficient (Wildman–Crippen LogP) is 4.41. The largest absolute Gasteiger partial charge is 0.423 e. The number of hydrogen-bond donors (Lipinski definition) is 0. The lowest BCUT2D eigenvalue weighted by molar-refractivity contribution is 0.0735. The van der Waals surface area contributed by atoms with Gasteiger partial charge in [-0.3, -0.25) is 4.31 Å². The Morgan fingerprint density at radius 1 is 0.947 bits per heavy atom. The van der Waals surface area contributed by atoms with Crippen LogP contribution in [0.5, 0.6) is 5.75 Å². The van der Waals surface area contributed by atoms with Gasteiger partial charge in [-0.1, -0.05) is 29.5 Å². The first-order valence-corrected chi connectivity index (χ1v) is 14.9. The lowest BCUT2D eigenvalue weighted by Gasteiger charge is -2.31.